The van der Waals surface area contributed by atoms with Gasteiger partial charge in [-0.3, -0.25) is 4.79 Å². The number of hydrogen-bond acceptors (Lipinski definition) is 2. The SMILES string of the molecule is Cc1nn2c(C(C)C)c(C(=O)N3CCC4(CC3)CC4)ccc2c1-c1c(F)cccc1F. The standard InChI is InChI=1S/C25H27F2N3O/c1-15(2)23-17(24(31)29-13-11-25(9-10-25)12-14-29)7-8-20-21(16(3)28-30(20)23)22-18(26)5-4-6-19(22)27/h4-8,15H,9-14H2,1-3H3. The first-order valence-corrected chi connectivity index (χ1v) is 11.1. The van der Waals surface area contributed by atoms with Crippen LogP contribution in [-0.2, 0) is 0 Å². The summed E-state index contributed by atoms with van der Waals surface area (Å²) in [4.78, 5) is 15.4. The normalized spacial score (nSPS) is 17.7. The number of aryl methyl sites for hydroxylation is 1. The van der Waals surface area contributed by atoms with Crippen molar-refractivity contribution in [2.75, 3.05) is 13.1 Å². The van der Waals surface area contributed by atoms with E-state index in [4.69, 9.17) is 0 Å². The molecule has 1 amide bonds. The van der Waals surface area contributed by atoms with Crippen LogP contribution in [0.15, 0.2) is 30.3 Å². The predicted octanol–water partition coefficient (Wildman–Crippen LogP) is 5.73. The van der Waals surface area contributed by atoms with E-state index >= 15 is 0 Å². The van der Waals surface area contributed by atoms with Gasteiger partial charge in [0.15, 0.2) is 0 Å². The van der Waals surface area contributed by atoms with Crippen molar-refractivity contribution in [1.82, 2.24) is 14.5 Å². The summed E-state index contributed by atoms with van der Waals surface area (Å²) in [6.07, 6.45) is 4.74. The molecule has 1 saturated carbocycles. The maximum absolute atomic E-state index is 14.6. The third kappa shape index (κ3) is 3.24. The molecule has 2 aliphatic rings. The lowest BCUT2D eigenvalue weighted by Crippen LogP contribution is -2.39. The fraction of sp³-hybridized carbons (Fsp3) is 0.440. The molecule has 4 nitrogen and oxygen atoms in total. The molecule has 1 aliphatic heterocycles. The van der Waals surface area contributed by atoms with Crippen LogP contribution in [0.3, 0.4) is 0 Å². The number of fused-ring (bicyclic) bond motifs is 1. The molecule has 1 saturated heterocycles. The molecule has 0 unspecified atom stereocenters. The number of amides is 1. The average molecular weight is 424 g/mol. The molecule has 0 N–H and O–H groups in total. The van der Waals surface area contributed by atoms with Gasteiger partial charge in [0, 0.05) is 18.7 Å². The van der Waals surface area contributed by atoms with Gasteiger partial charge in [-0.2, -0.15) is 5.10 Å². The molecule has 2 aromatic heterocycles. The number of hydrogen-bond donors (Lipinski definition) is 0. The number of nitrogens with zero attached hydrogens (tertiary/aromatic N) is 3. The molecule has 1 spiro atoms. The maximum atomic E-state index is 14.6. The summed E-state index contributed by atoms with van der Waals surface area (Å²) in [6, 6.07) is 7.44. The van der Waals surface area contributed by atoms with Gasteiger partial charge in [-0.15, -0.1) is 0 Å². The van der Waals surface area contributed by atoms with Gasteiger partial charge in [0.2, 0.25) is 0 Å². The first-order chi connectivity index (χ1) is 14.8. The molecule has 31 heavy (non-hydrogen) atoms. The molecular weight excluding hydrogens is 396 g/mol. The van der Waals surface area contributed by atoms with Gasteiger partial charge in [-0.25, -0.2) is 13.3 Å². The summed E-state index contributed by atoms with van der Waals surface area (Å²) < 4.78 is 30.8. The molecule has 0 bridgehead atoms. The van der Waals surface area contributed by atoms with Crippen molar-refractivity contribution in [1.29, 1.82) is 0 Å². The van der Waals surface area contributed by atoms with Crippen LogP contribution in [0.1, 0.15) is 67.2 Å². The van der Waals surface area contributed by atoms with Crippen molar-refractivity contribution in [2.45, 2.75) is 52.4 Å². The fourth-order valence-electron chi connectivity index (χ4n) is 5.06. The summed E-state index contributed by atoms with van der Waals surface area (Å²) in [5.41, 5.74) is 3.40. The maximum Gasteiger partial charge on any atom is 0.255 e. The van der Waals surface area contributed by atoms with E-state index in [9.17, 15) is 13.6 Å². The summed E-state index contributed by atoms with van der Waals surface area (Å²) in [6.45, 7) is 7.36. The molecule has 3 heterocycles. The van der Waals surface area contributed by atoms with Crippen molar-refractivity contribution >= 4 is 11.4 Å². The Kier molecular flexibility index (Phi) is 4.65. The lowest BCUT2D eigenvalue weighted by Gasteiger charge is -2.32. The lowest BCUT2D eigenvalue weighted by molar-refractivity contribution is 0.0676. The van der Waals surface area contributed by atoms with E-state index in [1.54, 1.807) is 23.6 Å². The van der Waals surface area contributed by atoms with Crippen molar-refractivity contribution in [3.05, 3.63) is 58.9 Å². The summed E-state index contributed by atoms with van der Waals surface area (Å²) in [7, 11) is 0. The molecule has 3 aromatic rings. The number of carbonyl (C=O) groups excluding carboxylic acids is 1. The molecule has 2 fully saturated rings. The average Bonchev–Trinajstić information content (AvgIpc) is 3.40. The number of benzene rings is 1. The lowest BCUT2D eigenvalue weighted by atomic mass is 9.92. The quantitative estimate of drug-likeness (QED) is 0.540. The number of piperidine rings is 1. The predicted molar refractivity (Wildman–Crippen MR) is 116 cm³/mol. The molecule has 162 valence electrons. The number of likely N-dealkylation sites (tertiary alicyclic amines) is 1. The Morgan fingerprint density at radius 3 is 2.23 bits per heavy atom. The number of rotatable bonds is 3. The Morgan fingerprint density at radius 2 is 1.65 bits per heavy atom. The summed E-state index contributed by atoms with van der Waals surface area (Å²) in [5.74, 6) is -1.20. The van der Waals surface area contributed by atoms with Crippen LogP contribution in [0.5, 0.6) is 0 Å². The Hall–Kier alpha value is -2.76. The highest BCUT2D eigenvalue weighted by atomic mass is 19.1. The zero-order valence-electron chi connectivity index (χ0n) is 18.2. The third-order valence-electron chi connectivity index (χ3n) is 7.07. The van der Waals surface area contributed by atoms with Crippen molar-refractivity contribution < 1.29 is 13.6 Å². The minimum absolute atomic E-state index is 0.0137. The van der Waals surface area contributed by atoms with Crippen LogP contribution in [0.25, 0.3) is 16.6 Å². The Morgan fingerprint density at radius 1 is 1.00 bits per heavy atom. The highest BCUT2D eigenvalue weighted by Gasteiger charge is 2.45. The Bertz CT molecular complexity index is 1160. The van der Waals surface area contributed by atoms with Gasteiger partial charge < -0.3 is 4.90 Å². The number of aromatic nitrogens is 2. The van der Waals surface area contributed by atoms with Gasteiger partial charge >= 0.3 is 0 Å². The van der Waals surface area contributed by atoms with Gasteiger partial charge in [0.25, 0.3) is 5.91 Å². The molecule has 5 rings (SSSR count). The molecule has 0 radical (unpaired) electrons. The first kappa shape index (κ1) is 20.2. The van der Waals surface area contributed by atoms with E-state index in [0.29, 0.717) is 27.8 Å². The molecule has 1 aliphatic carbocycles. The minimum atomic E-state index is -0.619. The second-order valence-corrected chi connectivity index (χ2v) is 9.43. The highest BCUT2D eigenvalue weighted by molar-refractivity contribution is 5.97. The number of halogens is 2. The third-order valence-corrected chi connectivity index (χ3v) is 7.07. The van der Waals surface area contributed by atoms with Gasteiger partial charge in [-0.1, -0.05) is 19.9 Å². The van der Waals surface area contributed by atoms with E-state index in [2.05, 4.69) is 5.10 Å². The van der Waals surface area contributed by atoms with Crippen LogP contribution >= 0.6 is 0 Å². The second-order valence-electron chi connectivity index (χ2n) is 9.43. The van der Waals surface area contributed by atoms with E-state index in [1.807, 2.05) is 18.7 Å². The van der Waals surface area contributed by atoms with Gasteiger partial charge in [0.1, 0.15) is 11.6 Å². The number of carbonyl (C=O) groups is 1. The summed E-state index contributed by atoms with van der Waals surface area (Å²) in [5, 5.41) is 4.63. The van der Waals surface area contributed by atoms with Crippen molar-refractivity contribution in [3.8, 4) is 11.1 Å². The zero-order chi connectivity index (χ0) is 21.9. The minimum Gasteiger partial charge on any atom is -0.339 e. The second kappa shape index (κ2) is 7.14. The van der Waals surface area contributed by atoms with E-state index < -0.39 is 11.6 Å². The molecule has 6 heteroatoms. The van der Waals surface area contributed by atoms with Crippen LogP contribution in [0.4, 0.5) is 8.78 Å². The van der Waals surface area contributed by atoms with Crippen molar-refractivity contribution in [3.63, 3.8) is 0 Å². The molecule has 1 aromatic carbocycles. The zero-order valence-corrected chi connectivity index (χ0v) is 18.2. The largest absolute Gasteiger partial charge is 0.339 e. The Labute approximate surface area is 180 Å². The fourth-order valence-corrected chi connectivity index (χ4v) is 5.06. The Balaban J connectivity index is 1.62. The van der Waals surface area contributed by atoms with Crippen LogP contribution < -0.4 is 0 Å². The number of pyridine rings is 1. The summed E-state index contributed by atoms with van der Waals surface area (Å²) >= 11 is 0. The first-order valence-electron chi connectivity index (χ1n) is 11.1. The highest BCUT2D eigenvalue weighted by Crippen LogP contribution is 2.53. The smallest absolute Gasteiger partial charge is 0.255 e. The molecular formula is C25H27F2N3O. The van der Waals surface area contributed by atoms with Crippen LogP contribution in [-0.4, -0.2) is 33.5 Å². The van der Waals surface area contributed by atoms with E-state index in [0.717, 1.165) is 31.6 Å². The van der Waals surface area contributed by atoms with Crippen LogP contribution in [0, 0.1) is 24.0 Å². The van der Waals surface area contributed by atoms with Crippen molar-refractivity contribution in [2.24, 2.45) is 5.41 Å². The molecule has 0 atom stereocenters. The topological polar surface area (TPSA) is 37.6 Å². The van der Waals surface area contributed by atoms with E-state index in [1.165, 1.54) is 31.0 Å². The van der Waals surface area contributed by atoms with E-state index in [-0.39, 0.29) is 17.4 Å². The van der Waals surface area contributed by atoms with Gasteiger partial charge in [-0.05, 0) is 68.2 Å². The monoisotopic (exact) mass is 423 g/mol. The van der Waals surface area contributed by atoms with Crippen LogP contribution in [0.2, 0.25) is 0 Å². The van der Waals surface area contributed by atoms with Gasteiger partial charge in [0.05, 0.1) is 28.0 Å².